The van der Waals surface area contributed by atoms with Crippen LogP contribution in [0.15, 0.2) is 29.6 Å². The number of aliphatic hydroxyl groups excluding tert-OH is 1. The molecule has 1 aromatic heterocycles. The fourth-order valence-corrected chi connectivity index (χ4v) is 3.16. The molecule has 1 aromatic carbocycles. The summed E-state index contributed by atoms with van der Waals surface area (Å²) < 4.78 is 12.9. The summed E-state index contributed by atoms with van der Waals surface area (Å²) in [6, 6.07) is 6.27. The van der Waals surface area contributed by atoms with Crippen molar-refractivity contribution in [3.63, 3.8) is 0 Å². The number of halogens is 1. The molecule has 1 atom stereocenters. The third-order valence-corrected chi connectivity index (χ3v) is 4.34. The first-order valence-corrected chi connectivity index (χ1v) is 7.66. The van der Waals surface area contributed by atoms with E-state index in [2.05, 4.69) is 4.98 Å². The number of aromatic nitrogens is 1. The van der Waals surface area contributed by atoms with E-state index < -0.39 is 6.10 Å². The number of β-amino-alcohol motifs (C(OH)–C–C–N with tert-alkyl or cyclic N) is 1. The lowest BCUT2D eigenvalue weighted by molar-refractivity contribution is 0.0760. The van der Waals surface area contributed by atoms with Gasteiger partial charge in [-0.05, 0) is 24.1 Å². The van der Waals surface area contributed by atoms with Crippen molar-refractivity contribution in [1.82, 2.24) is 9.88 Å². The molecule has 1 amide bonds. The van der Waals surface area contributed by atoms with Gasteiger partial charge in [0.05, 0.1) is 11.1 Å². The Balaban J connectivity index is 1.68. The third-order valence-electron chi connectivity index (χ3n) is 3.49. The molecule has 0 bridgehead atoms. The number of rotatable bonds is 3. The van der Waals surface area contributed by atoms with Gasteiger partial charge in [-0.15, -0.1) is 11.3 Å². The Morgan fingerprint density at radius 2 is 2.19 bits per heavy atom. The average Bonchev–Trinajstić information content (AvgIpc) is 3.10. The highest BCUT2D eigenvalue weighted by molar-refractivity contribution is 7.09. The van der Waals surface area contributed by atoms with E-state index in [4.69, 9.17) is 0 Å². The molecule has 110 valence electrons. The summed E-state index contributed by atoms with van der Waals surface area (Å²) in [5.74, 6) is -0.394. The average molecular weight is 306 g/mol. The molecule has 2 heterocycles. The van der Waals surface area contributed by atoms with Gasteiger partial charge < -0.3 is 10.0 Å². The van der Waals surface area contributed by atoms with E-state index in [0.717, 1.165) is 10.6 Å². The Morgan fingerprint density at radius 3 is 2.86 bits per heavy atom. The van der Waals surface area contributed by atoms with Crippen LogP contribution < -0.4 is 0 Å². The molecule has 1 fully saturated rings. The first-order valence-electron chi connectivity index (χ1n) is 6.78. The summed E-state index contributed by atoms with van der Waals surface area (Å²) >= 11 is 1.42. The zero-order valence-corrected chi connectivity index (χ0v) is 12.1. The number of likely N-dealkylation sites (tertiary alicyclic amines) is 1. The van der Waals surface area contributed by atoms with Gasteiger partial charge in [-0.3, -0.25) is 4.79 Å². The Morgan fingerprint density at radius 1 is 1.43 bits per heavy atom. The molecule has 6 heteroatoms. The standard InChI is InChI=1S/C15H15FN2O2S/c16-11-3-1-10(2-4-11)7-14-17-13(9-21-14)15(20)18-6-5-12(19)8-18/h1-4,9,12,19H,5-8H2/t12-/m1/s1. The second-order valence-corrected chi connectivity index (χ2v) is 6.07. The number of benzene rings is 1. The molecule has 1 saturated heterocycles. The molecule has 0 spiro atoms. The molecule has 3 rings (SSSR count). The van der Waals surface area contributed by atoms with Crippen molar-refractivity contribution in [2.75, 3.05) is 13.1 Å². The molecule has 0 radical (unpaired) electrons. The Labute approximate surface area is 125 Å². The minimum absolute atomic E-state index is 0.131. The van der Waals surface area contributed by atoms with Gasteiger partial charge in [0, 0.05) is 24.9 Å². The lowest BCUT2D eigenvalue weighted by atomic mass is 10.1. The van der Waals surface area contributed by atoms with E-state index in [0.29, 0.717) is 31.6 Å². The fourth-order valence-electron chi connectivity index (χ4n) is 2.36. The highest BCUT2D eigenvalue weighted by Gasteiger charge is 2.26. The van der Waals surface area contributed by atoms with Gasteiger partial charge in [0.1, 0.15) is 11.5 Å². The van der Waals surface area contributed by atoms with Crippen LogP contribution in [0.25, 0.3) is 0 Å². The van der Waals surface area contributed by atoms with Gasteiger partial charge in [-0.2, -0.15) is 0 Å². The highest BCUT2D eigenvalue weighted by Crippen LogP contribution is 2.18. The van der Waals surface area contributed by atoms with Crippen LogP contribution in [0.3, 0.4) is 0 Å². The van der Waals surface area contributed by atoms with Crippen molar-refractivity contribution in [3.8, 4) is 0 Å². The molecular formula is C15H15FN2O2S. The van der Waals surface area contributed by atoms with Gasteiger partial charge in [0.2, 0.25) is 0 Å². The molecule has 2 aromatic rings. The number of carbonyl (C=O) groups excluding carboxylic acids is 1. The smallest absolute Gasteiger partial charge is 0.273 e. The molecule has 4 nitrogen and oxygen atoms in total. The molecule has 0 aliphatic carbocycles. The van der Waals surface area contributed by atoms with Gasteiger partial charge >= 0.3 is 0 Å². The maximum atomic E-state index is 12.9. The quantitative estimate of drug-likeness (QED) is 0.944. The maximum Gasteiger partial charge on any atom is 0.273 e. The van der Waals surface area contributed by atoms with Crippen LogP contribution in [0, 0.1) is 5.82 Å². The largest absolute Gasteiger partial charge is 0.391 e. The second kappa shape index (κ2) is 5.91. The van der Waals surface area contributed by atoms with Crippen molar-refractivity contribution in [3.05, 3.63) is 51.7 Å². The monoisotopic (exact) mass is 306 g/mol. The Kier molecular flexibility index (Phi) is 3.98. The molecule has 1 aliphatic rings. The minimum atomic E-state index is -0.425. The lowest BCUT2D eigenvalue weighted by Crippen LogP contribution is -2.29. The third kappa shape index (κ3) is 3.28. The van der Waals surface area contributed by atoms with Crippen LogP contribution in [0.2, 0.25) is 0 Å². The minimum Gasteiger partial charge on any atom is -0.391 e. The molecule has 0 saturated carbocycles. The highest BCUT2D eigenvalue weighted by atomic mass is 32.1. The van der Waals surface area contributed by atoms with Crippen LogP contribution in [0.1, 0.15) is 27.5 Å². The summed E-state index contributed by atoms with van der Waals surface area (Å²) in [6.07, 6.45) is 0.783. The van der Waals surface area contributed by atoms with Crippen LogP contribution in [-0.2, 0) is 6.42 Å². The van der Waals surface area contributed by atoms with Crippen molar-refractivity contribution in [1.29, 1.82) is 0 Å². The van der Waals surface area contributed by atoms with Crippen LogP contribution >= 0.6 is 11.3 Å². The van der Waals surface area contributed by atoms with E-state index in [1.807, 2.05) is 0 Å². The number of amides is 1. The van der Waals surface area contributed by atoms with Gasteiger partial charge in [0.15, 0.2) is 0 Å². The normalized spacial score (nSPS) is 18.2. The van der Waals surface area contributed by atoms with E-state index in [-0.39, 0.29) is 11.7 Å². The van der Waals surface area contributed by atoms with Crippen molar-refractivity contribution < 1.29 is 14.3 Å². The predicted molar refractivity (Wildman–Crippen MR) is 77.8 cm³/mol. The second-order valence-electron chi connectivity index (χ2n) is 5.12. The van der Waals surface area contributed by atoms with Crippen LogP contribution in [0.4, 0.5) is 4.39 Å². The number of hydrogen-bond donors (Lipinski definition) is 1. The lowest BCUT2D eigenvalue weighted by Gasteiger charge is -2.13. The first-order chi connectivity index (χ1) is 10.1. The van der Waals surface area contributed by atoms with E-state index in [1.165, 1.54) is 23.5 Å². The number of aliphatic hydroxyl groups is 1. The summed E-state index contributed by atoms with van der Waals surface area (Å²) in [7, 11) is 0. The molecule has 0 unspecified atom stereocenters. The van der Waals surface area contributed by atoms with Gasteiger partial charge in [0.25, 0.3) is 5.91 Å². The van der Waals surface area contributed by atoms with Crippen molar-refractivity contribution in [2.24, 2.45) is 0 Å². The fraction of sp³-hybridized carbons (Fsp3) is 0.333. The van der Waals surface area contributed by atoms with Crippen LogP contribution in [-0.4, -0.2) is 40.1 Å². The SMILES string of the molecule is O=C(c1csc(Cc2ccc(F)cc2)n1)N1CC[C@@H](O)C1. The number of nitrogens with zero attached hydrogens (tertiary/aromatic N) is 2. The molecule has 21 heavy (non-hydrogen) atoms. The predicted octanol–water partition coefficient (Wildman–Crippen LogP) is 2.08. The van der Waals surface area contributed by atoms with E-state index in [1.54, 1.807) is 22.4 Å². The zero-order valence-electron chi connectivity index (χ0n) is 11.3. The maximum absolute atomic E-state index is 12.9. The summed E-state index contributed by atoms with van der Waals surface area (Å²) in [6.45, 7) is 0.953. The Hall–Kier alpha value is -1.79. The molecule has 1 N–H and O–H groups in total. The molecular weight excluding hydrogens is 291 g/mol. The van der Waals surface area contributed by atoms with Gasteiger partial charge in [-0.25, -0.2) is 9.37 Å². The summed E-state index contributed by atoms with van der Waals surface area (Å²) in [4.78, 5) is 18.2. The summed E-state index contributed by atoms with van der Waals surface area (Å²) in [5, 5.41) is 12.0. The van der Waals surface area contributed by atoms with Crippen LogP contribution in [0.5, 0.6) is 0 Å². The number of thiazole rings is 1. The summed E-state index contributed by atoms with van der Waals surface area (Å²) in [5.41, 5.74) is 1.38. The van der Waals surface area contributed by atoms with E-state index in [9.17, 15) is 14.3 Å². The Bertz CT molecular complexity index is 641. The topological polar surface area (TPSA) is 53.4 Å². The zero-order chi connectivity index (χ0) is 14.8. The number of hydrogen-bond acceptors (Lipinski definition) is 4. The van der Waals surface area contributed by atoms with Crippen molar-refractivity contribution in [2.45, 2.75) is 18.9 Å². The van der Waals surface area contributed by atoms with Gasteiger partial charge in [-0.1, -0.05) is 12.1 Å². The van der Waals surface area contributed by atoms with E-state index >= 15 is 0 Å². The molecule has 1 aliphatic heterocycles. The first kappa shape index (κ1) is 14.2. The van der Waals surface area contributed by atoms with Crippen molar-refractivity contribution >= 4 is 17.2 Å². The number of carbonyl (C=O) groups is 1.